The van der Waals surface area contributed by atoms with Crippen molar-refractivity contribution < 1.29 is 13.3 Å². The summed E-state index contributed by atoms with van der Waals surface area (Å²) in [7, 11) is -4.09. The molecule has 144 valence electrons. The molecule has 0 aliphatic carbocycles. The molecule has 0 unspecified atom stereocenters. The van der Waals surface area contributed by atoms with Crippen molar-refractivity contribution in [3.8, 4) is 0 Å². The zero-order chi connectivity index (χ0) is 20.5. The molecule has 0 aliphatic heterocycles. The van der Waals surface area contributed by atoms with Gasteiger partial charge in [-0.25, -0.2) is 12.7 Å². The number of sulfonamides is 1. The number of anilines is 2. The van der Waals surface area contributed by atoms with Gasteiger partial charge in [-0.3, -0.25) is 10.1 Å². The molecule has 0 spiro atoms. The molecule has 0 bridgehead atoms. The Kier molecular flexibility index (Phi) is 5.20. The summed E-state index contributed by atoms with van der Waals surface area (Å²) in [6.07, 6.45) is 0. The molecule has 0 saturated carbocycles. The van der Waals surface area contributed by atoms with Crippen LogP contribution in [0.5, 0.6) is 0 Å². The summed E-state index contributed by atoms with van der Waals surface area (Å²) >= 11 is 0. The van der Waals surface area contributed by atoms with Crippen molar-refractivity contribution in [3.63, 3.8) is 0 Å². The van der Waals surface area contributed by atoms with Crippen LogP contribution in [0.15, 0.2) is 71.6 Å². The SMILES string of the molecule is Cc1ccc(S(=O)(=O)N(c2cc(C)ccc2C)c2ccccc2[N+](=O)[O-])cc1. The summed E-state index contributed by atoms with van der Waals surface area (Å²) in [4.78, 5) is 11.1. The minimum absolute atomic E-state index is 0.00164. The van der Waals surface area contributed by atoms with Gasteiger partial charge in [0, 0.05) is 6.07 Å². The highest BCUT2D eigenvalue weighted by Crippen LogP contribution is 2.39. The molecule has 7 heteroatoms. The highest BCUT2D eigenvalue weighted by atomic mass is 32.2. The number of nitro groups is 1. The van der Waals surface area contributed by atoms with Crippen LogP contribution in [0.3, 0.4) is 0 Å². The average Bonchev–Trinajstić information content (AvgIpc) is 2.65. The number of hydrogen-bond acceptors (Lipinski definition) is 4. The van der Waals surface area contributed by atoms with Crippen LogP contribution < -0.4 is 4.31 Å². The summed E-state index contributed by atoms with van der Waals surface area (Å²) in [6.45, 7) is 5.49. The number of benzene rings is 3. The van der Waals surface area contributed by atoms with E-state index in [0.29, 0.717) is 11.3 Å². The zero-order valence-corrected chi connectivity index (χ0v) is 16.6. The van der Waals surface area contributed by atoms with Gasteiger partial charge < -0.3 is 0 Å². The van der Waals surface area contributed by atoms with Gasteiger partial charge in [-0.2, -0.15) is 0 Å². The average molecular weight is 396 g/mol. The number of nitrogens with zero attached hydrogens (tertiary/aromatic N) is 2. The third-order valence-electron chi connectivity index (χ3n) is 4.44. The Labute approximate surface area is 164 Å². The summed E-state index contributed by atoms with van der Waals surface area (Å²) in [5.41, 5.74) is 2.57. The molecule has 6 nitrogen and oxygen atoms in total. The highest BCUT2D eigenvalue weighted by molar-refractivity contribution is 7.93. The maximum absolute atomic E-state index is 13.6. The second-order valence-electron chi connectivity index (χ2n) is 6.62. The number of hydrogen-bond donors (Lipinski definition) is 0. The predicted molar refractivity (Wildman–Crippen MR) is 110 cm³/mol. The van der Waals surface area contributed by atoms with Crippen LogP contribution in [-0.2, 0) is 10.0 Å². The van der Waals surface area contributed by atoms with Gasteiger partial charge >= 0.3 is 0 Å². The molecule has 0 atom stereocenters. The first-order valence-electron chi connectivity index (χ1n) is 8.64. The van der Waals surface area contributed by atoms with Crippen LogP contribution in [0.25, 0.3) is 0 Å². The molecule has 0 aromatic heterocycles. The van der Waals surface area contributed by atoms with E-state index in [1.807, 2.05) is 19.9 Å². The van der Waals surface area contributed by atoms with Crippen molar-refractivity contribution in [1.82, 2.24) is 0 Å². The van der Waals surface area contributed by atoms with Crippen molar-refractivity contribution in [3.05, 3.63) is 93.5 Å². The summed E-state index contributed by atoms with van der Waals surface area (Å²) < 4.78 is 28.2. The first kappa shape index (κ1) is 19.6. The molecule has 0 saturated heterocycles. The fourth-order valence-corrected chi connectivity index (χ4v) is 4.49. The van der Waals surface area contributed by atoms with Crippen molar-refractivity contribution in [1.29, 1.82) is 0 Å². The van der Waals surface area contributed by atoms with E-state index in [2.05, 4.69) is 0 Å². The van der Waals surface area contributed by atoms with Crippen molar-refractivity contribution in [2.75, 3.05) is 4.31 Å². The van der Waals surface area contributed by atoms with Gasteiger partial charge in [-0.1, -0.05) is 42.0 Å². The molecular weight excluding hydrogens is 376 g/mol. The highest BCUT2D eigenvalue weighted by Gasteiger charge is 2.32. The standard InChI is InChI=1S/C21H20N2O4S/c1-15-9-12-18(13-10-15)28(26,27)22(21-14-16(2)8-11-17(21)3)19-6-4-5-7-20(19)23(24)25/h4-14H,1-3H3. The molecule has 0 radical (unpaired) electrons. The molecule has 0 amide bonds. The molecule has 28 heavy (non-hydrogen) atoms. The zero-order valence-electron chi connectivity index (χ0n) is 15.8. The lowest BCUT2D eigenvalue weighted by Crippen LogP contribution is -2.27. The van der Waals surface area contributed by atoms with E-state index < -0.39 is 14.9 Å². The largest absolute Gasteiger partial charge is 0.293 e. The van der Waals surface area contributed by atoms with Crippen LogP contribution in [0.2, 0.25) is 0 Å². The Morgan fingerprint density at radius 2 is 1.43 bits per heavy atom. The molecule has 3 aromatic rings. The van der Waals surface area contributed by atoms with Crippen LogP contribution in [0.1, 0.15) is 16.7 Å². The van der Waals surface area contributed by atoms with E-state index in [1.54, 1.807) is 37.3 Å². The third-order valence-corrected chi connectivity index (χ3v) is 6.18. The van der Waals surface area contributed by atoms with Crippen LogP contribution in [-0.4, -0.2) is 13.3 Å². The van der Waals surface area contributed by atoms with E-state index in [0.717, 1.165) is 15.4 Å². The van der Waals surface area contributed by atoms with Crippen LogP contribution in [0.4, 0.5) is 17.1 Å². The molecule has 0 aliphatic rings. The minimum Gasteiger partial charge on any atom is -0.258 e. The second-order valence-corrected chi connectivity index (χ2v) is 8.40. The minimum atomic E-state index is -4.09. The fraction of sp³-hybridized carbons (Fsp3) is 0.143. The first-order valence-corrected chi connectivity index (χ1v) is 10.1. The van der Waals surface area contributed by atoms with E-state index in [1.165, 1.54) is 30.3 Å². The summed E-state index contributed by atoms with van der Waals surface area (Å²) in [5.74, 6) is 0. The fourth-order valence-electron chi connectivity index (χ4n) is 2.93. The quantitative estimate of drug-likeness (QED) is 0.447. The van der Waals surface area contributed by atoms with Gasteiger partial charge in [0.2, 0.25) is 0 Å². The maximum Gasteiger partial charge on any atom is 0.293 e. The second kappa shape index (κ2) is 7.44. The van der Waals surface area contributed by atoms with Gasteiger partial charge in [0.15, 0.2) is 0 Å². The third kappa shape index (κ3) is 3.61. The Morgan fingerprint density at radius 3 is 2.07 bits per heavy atom. The Hall–Kier alpha value is -3.19. The number of nitro benzene ring substituents is 1. The van der Waals surface area contributed by atoms with Gasteiger partial charge in [0.1, 0.15) is 5.69 Å². The van der Waals surface area contributed by atoms with E-state index in [9.17, 15) is 18.5 Å². The lowest BCUT2D eigenvalue weighted by atomic mass is 10.1. The van der Waals surface area contributed by atoms with Crippen molar-refractivity contribution in [2.45, 2.75) is 25.7 Å². The first-order chi connectivity index (χ1) is 13.2. The molecular formula is C21H20N2O4S. The topological polar surface area (TPSA) is 80.5 Å². The normalized spacial score (nSPS) is 11.2. The molecule has 0 heterocycles. The van der Waals surface area contributed by atoms with Crippen LogP contribution in [0, 0.1) is 30.9 Å². The van der Waals surface area contributed by atoms with Crippen LogP contribution >= 0.6 is 0 Å². The van der Waals surface area contributed by atoms with E-state index in [-0.39, 0.29) is 16.3 Å². The van der Waals surface area contributed by atoms with Crippen molar-refractivity contribution in [2.24, 2.45) is 0 Å². The van der Waals surface area contributed by atoms with Gasteiger partial charge in [0.25, 0.3) is 15.7 Å². The van der Waals surface area contributed by atoms with E-state index >= 15 is 0 Å². The number of para-hydroxylation sites is 2. The van der Waals surface area contributed by atoms with E-state index in [4.69, 9.17) is 0 Å². The van der Waals surface area contributed by atoms with Crippen molar-refractivity contribution >= 4 is 27.1 Å². The summed E-state index contributed by atoms with van der Waals surface area (Å²) in [6, 6.07) is 17.7. The van der Waals surface area contributed by atoms with Gasteiger partial charge in [0.05, 0.1) is 15.5 Å². The predicted octanol–water partition coefficient (Wildman–Crippen LogP) is 5.05. The monoisotopic (exact) mass is 396 g/mol. The Morgan fingerprint density at radius 1 is 0.821 bits per heavy atom. The number of rotatable bonds is 5. The molecule has 3 rings (SSSR count). The molecule has 3 aromatic carbocycles. The smallest absolute Gasteiger partial charge is 0.258 e. The van der Waals surface area contributed by atoms with Gasteiger partial charge in [-0.05, 0) is 56.2 Å². The maximum atomic E-state index is 13.6. The Balaban J connectivity index is 2.34. The summed E-state index contributed by atoms with van der Waals surface area (Å²) in [5, 5.41) is 11.6. The molecule has 0 fully saturated rings. The van der Waals surface area contributed by atoms with Gasteiger partial charge in [-0.15, -0.1) is 0 Å². The lowest BCUT2D eigenvalue weighted by molar-refractivity contribution is -0.384. The Bertz CT molecular complexity index is 1140. The molecule has 0 N–H and O–H groups in total. The lowest BCUT2D eigenvalue weighted by Gasteiger charge is -2.26. The number of aryl methyl sites for hydroxylation is 3.